The molecule has 0 fully saturated rings. The second-order valence-corrected chi connectivity index (χ2v) is 6.36. The first-order chi connectivity index (χ1) is 13.6. The van der Waals surface area contributed by atoms with Crippen LogP contribution >= 0.6 is 0 Å². The molecule has 0 saturated carbocycles. The van der Waals surface area contributed by atoms with Crippen molar-refractivity contribution in [1.29, 1.82) is 0 Å². The molecule has 28 heavy (non-hydrogen) atoms. The third kappa shape index (κ3) is 4.88. The highest BCUT2D eigenvalue weighted by Gasteiger charge is 2.17. The highest BCUT2D eigenvalue weighted by molar-refractivity contribution is 5.94. The van der Waals surface area contributed by atoms with E-state index in [1.165, 1.54) is 24.3 Å². The number of rotatable bonds is 7. The Morgan fingerprint density at radius 3 is 1.93 bits per heavy atom. The Balaban J connectivity index is 1.83. The molecule has 5 heteroatoms. The van der Waals surface area contributed by atoms with Crippen molar-refractivity contribution in [1.82, 2.24) is 5.32 Å². The highest BCUT2D eigenvalue weighted by atomic mass is 19.1. The second kappa shape index (κ2) is 9.04. The van der Waals surface area contributed by atoms with Gasteiger partial charge in [0.2, 0.25) is 0 Å². The van der Waals surface area contributed by atoms with Gasteiger partial charge < -0.3 is 14.8 Å². The number of ether oxygens (including phenoxy) is 2. The van der Waals surface area contributed by atoms with Crippen LogP contribution in [0.1, 0.15) is 27.5 Å². The zero-order chi connectivity index (χ0) is 19.9. The number of methoxy groups -OCH3 is 2. The van der Waals surface area contributed by atoms with Gasteiger partial charge in [-0.3, -0.25) is 4.79 Å². The summed E-state index contributed by atoms with van der Waals surface area (Å²) < 4.78 is 23.6. The fourth-order valence-corrected chi connectivity index (χ4v) is 2.93. The van der Waals surface area contributed by atoms with E-state index in [4.69, 9.17) is 9.47 Å². The van der Waals surface area contributed by atoms with Gasteiger partial charge in [-0.1, -0.05) is 24.3 Å². The van der Waals surface area contributed by atoms with Gasteiger partial charge in [0.05, 0.1) is 20.3 Å². The van der Waals surface area contributed by atoms with Gasteiger partial charge in [-0.2, -0.15) is 0 Å². The van der Waals surface area contributed by atoms with Gasteiger partial charge in [-0.05, 0) is 66.1 Å². The molecule has 0 saturated heterocycles. The number of amides is 1. The minimum absolute atomic E-state index is 0.253. The van der Waals surface area contributed by atoms with Gasteiger partial charge in [0, 0.05) is 5.56 Å². The first-order valence-electron chi connectivity index (χ1n) is 8.92. The molecule has 1 amide bonds. The maximum absolute atomic E-state index is 13.1. The molecule has 1 N–H and O–H groups in total. The lowest BCUT2D eigenvalue weighted by Gasteiger charge is -2.20. The first kappa shape index (κ1) is 19.4. The van der Waals surface area contributed by atoms with Crippen LogP contribution in [0.4, 0.5) is 4.39 Å². The zero-order valence-electron chi connectivity index (χ0n) is 15.8. The predicted octanol–water partition coefficient (Wildman–Crippen LogP) is 4.56. The van der Waals surface area contributed by atoms with Gasteiger partial charge in [-0.25, -0.2) is 4.39 Å². The third-order valence-corrected chi connectivity index (χ3v) is 4.53. The van der Waals surface area contributed by atoms with Crippen LogP contribution in [0.3, 0.4) is 0 Å². The van der Waals surface area contributed by atoms with Gasteiger partial charge in [0.1, 0.15) is 17.3 Å². The largest absolute Gasteiger partial charge is 0.497 e. The molecule has 0 heterocycles. The van der Waals surface area contributed by atoms with Crippen molar-refractivity contribution >= 4 is 5.91 Å². The summed E-state index contributed by atoms with van der Waals surface area (Å²) in [7, 11) is 3.23. The normalized spacial score (nSPS) is 11.5. The number of nitrogens with one attached hydrogen (secondary N) is 1. The number of halogens is 1. The summed E-state index contributed by atoms with van der Waals surface area (Å²) >= 11 is 0. The summed E-state index contributed by atoms with van der Waals surface area (Å²) in [6, 6.07) is 20.6. The molecule has 1 unspecified atom stereocenters. The molecule has 0 aliphatic heterocycles. The highest BCUT2D eigenvalue weighted by Crippen LogP contribution is 2.23. The molecule has 3 rings (SSSR count). The van der Waals surface area contributed by atoms with Crippen molar-refractivity contribution in [2.24, 2.45) is 0 Å². The molecule has 0 aliphatic rings. The average Bonchev–Trinajstić information content (AvgIpc) is 2.74. The van der Waals surface area contributed by atoms with E-state index in [1.807, 2.05) is 48.5 Å². The Hall–Kier alpha value is -3.34. The van der Waals surface area contributed by atoms with E-state index in [0.29, 0.717) is 12.0 Å². The van der Waals surface area contributed by atoms with Crippen molar-refractivity contribution in [3.8, 4) is 11.5 Å². The molecular formula is C23H22FNO3. The van der Waals surface area contributed by atoms with E-state index in [-0.39, 0.29) is 17.8 Å². The van der Waals surface area contributed by atoms with Gasteiger partial charge >= 0.3 is 0 Å². The van der Waals surface area contributed by atoms with Crippen LogP contribution in [0, 0.1) is 5.82 Å². The van der Waals surface area contributed by atoms with Crippen LogP contribution in [0.5, 0.6) is 11.5 Å². The number of carbonyl (C=O) groups is 1. The van der Waals surface area contributed by atoms with Crippen LogP contribution in [0.15, 0.2) is 72.8 Å². The maximum Gasteiger partial charge on any atom is 0.251 e. The van der Waals surface area contributed by atoms with Crippen LogP contribution in [-0.2, 0) is 6.42 Å². The summed E-state index contributed by atoms with van der Waals surface area (Å²) in [6.07, 6.45) is 0.600. The van der Waals surface area contributed by atoms with E-state index in [2.05, 4.69) is 5.32 Å². The predicted molar refractivity (Wildman–Crippen MR) is 106 cm³/mol. The van der Waals surface area contributed by atoms with Gasteiger partial charge in [-0.15, -0.1) is 0 Å². The van der Waals surface area contributed by atoms with Gasteiger partial charge in [0.15, 0.2) is 0 Å². The lowest BCUT2D eigenvalue weighted by atomic mass is 9.98. The molecule has 0 radical (unpaired) electrons. The van der Waals surface area contributed by atoms with Crippen molar-refractivity contribution in [3.63, 3.8) is 0 Å². The number of hydrogen-bond donors (Lipinski definition) is 1. The number of benzene rings is 3. The van der Waals surface area contributed by atoms with E-state index >= 15 is 0 Å². The first-order valence-corrected chi connectivity index (χ1v) is 8.92. The van der Waals surface area contributed by atoms with Crippen LogP contribution < -0.4 is 14.8 Å². The molecule has 4 nitrogen and oxygen atoms in total. The Kier molecular flexibility index (Phi) is 6.27. The average molecular weight is 379 g/mol. The molecular weight excluding hydrogens is 357 g/mol. The number of hydrogen-bond acceptors (Lipinski definition) is 3. The lowest BCUT2D eigenvalue weighted by Crippen LogP contribution is -2.30. The van der Waals surface area contributed by atoms with Crippen molar-refractivity contribution < 1.29 is 18.7 Å². The Morgan fingerprint density at radius 1 is 0.857 bits per heavy atom. The van der Waals surface area contributed by atoms with E-state index in [0.717, 1.165) is 22.6 Å². The molecule has 0 spiro atoms. The third-order valence-electron chi connectivity index (χ3n) is 4.53. The summed E-state index contributed by atoms with van der Waals surface area (Å²) in [5, 5.41) is 3.05. The van der Waals surface area contributed by atoms with E-state index < -0.39 is 0 Å². The molecule has 3 aromatic carbocycles. The molecule has 0 bridgehead atoms. The quantitative estimate of drug-likeness (QED) is 0.655. The molecule has 3 aromatic rings. The van der Waals surface area contributed by atoms with E-state index in [9.17, 15) is 9.18 Å². The fourth-order valence-electron chi connectivity index (χ4n) is 2.93. The van der Waals surface area contributed by atoms with Gasteiger partial charge in [0.25, 0.3) is 5.91 Å². The Labute approximate surface area is 163 Å². The van der Waals surface area contributed by atoms with Crippen LogP contribution in [0.2, 0.25) is 0 Å². The summed E-state index contributed by atoms with van der Waals surface area (Å²) in [5.74, 6) is 0.896. The van der Waals surface area contributed by atoms with Crippen molar-refractivity contribution in [2.75, 3.05) is 14.2 Å². The molecule has 0 aromatic heterocycles. The van der Waals surface area contributed by atoms with Crippen molar-refractivity contribution in [3.05, 3.63) is 95.3 Å². The lowest BCUT2D eigenvalue weighted by molar-refractivity contribution is 0.0936. The maximum atomic E-state index is 13.1. The smallest absolute Gasteiger partial charge is 0.251 e. The second-order valence-electron chi connectivity index (χ2n) is 6.36. The monoisotopic (exact) mass is 379 g/mol. The summed E-state index contributed by atoms with van der Waals surface area (Å²) in [6.45, 7) is 0. The standard InChI is InChI=1S/C23H22FNO3/c1-27-20-11-3-16(4-12-20)15-22(17-7-13-21(28-2)14-8-17)25-23(26)18-5-9-19(24)10-6-18/h3-14,22H,15H2,1-2H3,(H,25,26). The van der Waals surface area contributed by atoms with Crippen molar-refractivity contribution in [2.45, 2.75) is 12.5 Å². The minimum atomic E-state index is -0.374. The Bertz CT molecular complexity index is 906. The topological polar surface area (TPSA) is 47.6 Å². The minimum Gasteiger partial charge on any atom is -0.497 e. The summed E-state index contributed by atoms with van der Waals surface area (Å²) in [5.41, 5.74) is 2.42. The van der Waals surface area contributed by atoms with Crippen LogP contribution in [-0.4, -0.2) is 20.1 Å². The SMILES string of the molecule is COc1ccc(CC(NC(=O)c2ccc(F)cc2)c2ccc(OC)cc2)cc1. The fraction of sp³-hybridized carbons (Fsp3) is 0.174. The van der Waals surface area contributed by atoms with Crippen LogP contribution in [0.25, 0.3) is 0 Å². The van der Waals surface area contributed by atoms with E-state index in [1.54, 1.807) is 14.2 Å². The zero-order valence-corrected chi connectivity index (χ0v) is 15.8. The Morgan fingerprint density at radius 2 is 1.39 bits per heavy atom. The molecule has 1 atom stereocenters. The molecule has 144 valence electrons. The number of carbonyl (C=O) groups excluding carboxylic acids is 1. The molecule has 0 aliphatic carbocycles. The summed E-state index contributed by atoms with van der Waals surface area (Å²) in [4.78, 5) is 12.7.